The van der Waals surface area contributed by atoms with Crippen LogP contribution in [0.4, 0.5) is 23.7 Å². The standard InChI is InChI=1S/C20H31F3N4O2/c1-16-4-3-5-18(14-16)27-11-9-26(10-12-27)8-6-17(2)25-19(28)24-7-13-29-15-20(21,22)23/h3-5,14,17H,6-13,15H2,1-2H3,(H2,24,25,28). The molecule has 0 spiro atoms. The molecule has 164 valence electrons. The number of carbonyl (C=O) groups is 1. The highest BCUT2D eigenvalue weighted by atomic mass is 19.4. The zero-order valence-corrected chi connectivity index (χ0v) is 17.1. The zero-order valence-electron chi connectivity index (χ0n) is 17.1. The molecule has 0 radical (unpaired) electrons. The number of nitrogens with one attached hydrogen (secondary N) is 2. The molecular weight excluding hydrogens is 385 g/mol. The molecule has 0 bridgehead atoms. The summed E-state index contributed by atoms with van der Waals surface area (Å²) < 4.78 is 40.3. The van der Waals surface area contributed by atoms with E-state index >= 15 is 0 Å². The Morgan fingerprint density at radius 3 is 2.62 bits per heavy atom. The molecule has 1 unspecified atom stereocenters. The molecular formula is C20H31F3N4O2. The number of urea groups is 1. The fourth-order valence-corrected chi connectivity index (χ4v) is 3.20. The summed E-state index contributed by atoms with van der Waals surface area (Å²) in [5.74, 6) is 0. The lowest BCUT2D eigenvalue weighted by Gasteiger charge is -2.36. The van der Waals surface area contributed by atoms with Crippen molar-refractivity contribution in [2.75, 3.05) is 57.4 Å². The lowest BCUT2D eigenvalue weighted by atomic mass is 10.1. The fraction of sp³-hybridized carbons (Fsp3) is 0.650. The van der Waals surface area contributed by atoms with Crippen molar-refractivity contribution in [2.24, 2.45) is 0 Å². The Morgan fingerprint density at radius 2 is 1.97 bits per heavy atom. The zero-order chi connectivity index (χ0) is 21.3. The molecule has 2 rings (SSSR count). The first-order chi connectivity index (χ1) is 13.7. The van der Waals surface area contributed by atoms with E-state index in [1.165, 1.54) is 11.3 Å². The number of halogens is 3. The number of rotatable bonds is 9. The second-order valence-electron chi connectivity index (χ2n) is 7.43. The predicted molar refractivity (Wildman–Crippen MR) is 107 cm³/mol. The third-order valence-electron chi connectivity index (χ3n) is 4.79. The minimum absolute atomic E-state index is 0.0269. The fourth-order valence-electron chi connectivity index (χ4n) is 3.20. The van der Waals surface area contributed by atoms with Crippen LogP contribution in [0.15, 0.2) is 24.3 Å². The summed E-state index contributed by atoms with van der Waals surface area (Å²) in [5.41, 5.74) is 2.52. The minimum atomic E-state index is -4.34. The summed E-state index contributed by atoms with van der Waals surface area (Å²) in [7, 11) is 0. The van der Waals surface area contributed by atoms with Gasteiger partial charge < -0.3 is 20.3 Å². The number of benzene rings is 1. The maximum absolute atomic E-state index is 11.9. The minimum Gasteiger partial charge on any atom is -0.370 e. The van der Waals surface area contributed by atoms with E-state index in [0.29, 0.717) is 0 Å². The Hall–Kier alpha value is -2.00. The van der Waals surface area contributed by atoms with Crippen LogP contribution in [0.3, 0.4) is 0 Å². The Labute approximate surface area is 170 Å². The van der Waals surface area contributed by atoms with E-state index < -0.39 is 18.8 Å². The average molecular weight is 416 g/mol. The van der Waals surface area contributed by atoms with Crippen molar-refractivity contribution in [2.45, 2.75) is 32.5 Å². The Morgan fingerprint density at radius 1 is 1.24 bits per heavy atom. The van der Waals surface area contributed by atoms with Crippen LogP contribution >= 0.6 is 0 Å². The van der Waals surface area contributed by atoms with Crippen molar-refractivity contribution < 1.29 is 22.7 Å². The maximum Gasteiger partial charge on any atom is 0.411 e. The lowest BCUT2D eigenvalue weighted by Crippen LogP contribution is -2.48. The van der Waals surface area contributed by atoms with Gasteiger partial charge in [0.1, 0.15) is 6.61 Å². The van der Waals surface area contributed by atoms with Gasteiger partial charge in [-0.15, -0.1) is 0 Å². The first-order valence-electron chi connectivity index (χ1n) is 9.96. The maximum atomic E-state index is 11.9. The molecule has 1 fully saturated rings. The van der Waals surface area contributed by atoms with Crippen LogP contribution in [-0.4, -0.2) is 75.6 Å². The number of alkyl halides is 3. The number of anilines is 1. The molecule has 1 atom stereocenters. The van der Waals surface area contributed by atoms with Crippen molar-refractivity contribution in [3.05, 3.63) is 29.8 Å². The Kier molecular flexibility index (Phi) is 9.03. The molecule has 1 saturated heterocycles. The number of carbonyl (C=O) groups excluding carboxylic acids is 1. The second-order valence-corrected chi connectivity index (χ2v) is 7.43. The summed E-state index contributed by atoms with van der Waals surface area (Å²) >= 11 is 0. The van der Waals surface area contributed by atoms with Crippen LogP contribution < -0.4 is 15.5 Å². The van der Waals surface area contributed by atoms with Crippen molar-refractivity contribution in [3.8, 4) is 0 Å². The summed E-state index contributed by atoms with van der Waals surface area (Å²) in [6, 6.07) is 8.10. The third kappa shape index (κ3) is 9.36. The molecule has 6 nitrogen and oxygen atoms in total. The molecule has 1 aromatic rings. The molecule has 1 heterocycles. The summed E-state index contributed by atoms with van der Waals surface area (Å²) in [4.78, 5) is 16.5. The van der Waals surface area contributed by atoms with Crippen LogP contribution in [0.1, 0.15) is 18.9 Å². The second kappa shape index (κ2) is 11.3. The van der Waals surface area contributed by atoms with E-state index in [1.54, 1.807) is 0 Å². The van der Waals surface area contributed by atoms with Gasteiger partial charge in [0.05, 0.1) is 6.61 Å². The van der Waals surface area contributed by atoms with Gasteiger partial charge in [0.2, 0.25) is 0 Å². The highest BCUT2D eigenvalue weighted by molar-refractivity contribution is 5.74. The van der Waals surface area contributed by atoms with Gasteiger partial charge >= 0.3 is 12.2 Å². The summed E-state index contributed by atoms with van der Waals surface area (Å²) in [6.07, 6.45) is -3.54. The normalized spacial score (nSPS) is 16.5. The number of hydrogen-bond donors (Lipinski definition) is 2. The van der Waals surface area contributed by atoms with Crippen molar-refractivity contribution >= 4 is 11.7 Å². The smallest absolute Gasteiger partial charge is 0.370 e. The van der Waals surface area contributed by atoms with E-state index in [9.17, 15) is 18.0 Å². The highest BCUT2D eigenvalue weighted by Gasteiger charge is 2.27. The van der Waals surface area contributed by atoms with Crippen molar-refractivity contribution in [1.29, 1.82) is 0 Å². The molecule has 1 aliphatic rings. The lowest BCUT2D eigenvalue weighted by molar-refractivity contribution is -0.173. The van der Waals surface area contributed by atoms with Gasteiger partial charge in [0.15, 0.2) is 0 Å². The van der Waals surface area contributed by atoms with Crippen LogP contribution in [0, 0.1) is 6.92 Å². The van der Waals surface area contributed by atoms with Gasteiger partial charge in [-0.2, -0.15) is 13.2 Å². The molecule has 2 amide bonds. The van der Waals surface area contributed by atoms with Crippen LogP contribution in [-0.2, 0) is 4.74 Å². The van der Waals surface area contributed by atoms with E-state index in [1.807, 2.05) is 6.92 Å². The first kappa shape index (κ1) is 23.3. The number of aryl methyl sites for hydroxylation is 1. The van der Waals surface area contributed by atoms with E-state index in [4.69, 9.17) is 0 Å². The molecule has 1 aliphatic heterocycles. The monoisotopic (exact) mass is 416 g/mol. The SMILES string of the molecule is Cc1cccc(N2CCN(CCC(C)NC(=O)NCCOCC(F)(F)F)CC2)c1. The van der Waals surface area contributed by atoms with Crippen LogP contribution in [0.25, 0.3) is 0 Å². The van der Waals surface area contributed by atoms with Crippen molar-refractivity contribution in [1.82, 2.24) is 15.5 Å². The Balaban J connectivity index is 1.56. The largest absolute Gasteiger partial charge is 0.411 e. The number of ether oxygens (including phenoxy) is 1. The molecule has 1 aromatic carbocycles. The van der Waals surface area contributed by atoms with Gasteiger partial charge in [0, 0.05) is 51.0 Å². The molecule has 0 aliphatic carbocycles. The molecule has 2 N–H and O–H groups in total. The highest BCUT2D eigenvalue weighted by Crippen LogP contribution is 2.18. The van der Waals surface area contributed by atoms with E-state index in [0.717, 1.165) is 39.1 Å². The summed E-state index contributed by atoms with van der Waals surface area (Å²) in [5, 5.41) is 5.31. The number of hydrogen-bond acceptors (Lipinski definition) is 4. The topological polar surface area (TPSA) is 56.8 Å². The first-order valence-corrected chi connectivity index (χ1v) is 9.96. The molecule has 0 saturated carbocycles. The molecule has 0 aromatic heterocycles. The molecule has 29 heavy (non-hydrogen) atoms. The van der Waals surface area contributed by atoms with Gasteiger partial charge in [0.25, 0.3) is 0 Å². The van der Waals surface area contributed by atoms with Gasteiger partial charge in [-0.05, 0) is 38.0 Å². The predicted octanol–water partition coefficient (Wildman–Crippen LogP) is 2.77. The number of piperazine rings is 1. The van der Waals surface area contributed by atoms with E-state index in [-0.39, 0.29) is 19.2 Å². The number of nitrogens with zero attached hydrogens (tertiary/aromatic N) is 2. The Bertz CT molecular complexity index is 634. The number of amides is 2. The quantitative estimate of drug-likeness (QED) is 0.608. The van der Waals surface area contributed by atoms with Crippen LogP contribution in [0.5, 0.6) is 0 Å². The van der Waals surface area contributed by atoms with Crippen molar-refractivity contribution in [3.63, 3.8) is 0 Å². The van der Waals surface area contributed by atoms with Crippen LogP contribution in [0.2, 0.25) is 0 Å². The summed E-state index contributed by atoms with van der Waals surface area (Å²) in [6.45, 7) is 7.37. The van der Waals surface area contributed by atoms with E-state index in [2.05, 4.69) is 56.4 Å². The molecule has 9 heteroatoms. The average Bonchev–Trinajstić information content (AvgIpc) is 2.65. The van der Waals surface area contributed by atoms with Gasteiger partial charge in [-0.1, -0.05) is 12.1 Å². The van der Waals surface area contributed by atoms with Gasteiger partial charge in [-0.25, -0.2) is 4.79 Å². The third-order valence-corrected chi connectivity index (χ3v) is 4.79. The van der Waals surface area contributed by atoms with Gasteiger partial charge in [-0.3, -0.25) is 4.90 Å².